The molecule has 1 aromatic heterocycles. The zero-order valence-electron chi connectivity index (χ0n) is 11.0. The minimum atomic E-state index is -0.400. The van der Waals surface area contributed by atoms with Crippen LogP contribution in [0.3, 0.4) is 0 Å². The maximum absolute atomic E-state index is 12.4. The molecule has 112 valence electrons. The van der Waals surface area contributed by atoms with Crippen LogP contribution in [0.4, 0.5) is 0 Å². The van der Waals surface area contributed by atoms with Crippen molar-refractivity contribution in [2.75, 3.05) is 26.2 Å². The Morgan fingerprint density at radius 2 is 2.40 bits per heavy atom. The van der Waals surface area contributed by atoms with Gasteiger partial charge < -0.3 is 20.1 Å². The molecule has 2 saturated heterocycles. The monoisotopic (exact) mass is 318 g/mol. The van der Waals surface area contributed by atoms with Crippen molar-refractivity contribution in [1.29, 1.82) is 0 Å². The van der Waals surface area contributed by atoms with E-state index in [4.69, 9.17) is 4.74 Å². The second-order valence-electron chi connectivity index (χ2n) is 5.05. The van der Waals surface area contributed by atoms with Gasteiger partial charge in [-0.2, -0.15) is 11.3 Å². The second kappa shape index (κ2) is 6.87. The lowest BCUT2D eigenvalue weighted by Gasteiger charge is -2.34. The van der Waals surface area contributed by atoms with E-state index in [9.17, 15) is 9.90 Å². The normalized spacial score (nSPS) is 30.1. The third kappa shape index (κ3) is 3.32. The summed E-state index contributed by atoms with van der Waals surface area (Å²) >= 11 is 1.64. The molecule has 1 aromatic rings. The standard InChI is InChI=1S/C13H18N2O3S.ClH/c16-10-5-11(14-6-10)13(17)15-2-3-18-12(7-15)9-1-4-19-8-9;/h1,4,8,10-12,14,16H,2-3,5-7H2;1H. The number of halogens is 1. The van der Waals surface area contributed by atoms with Crippen molar-refractivity contribution in [2.45, 2.75) is 24.7 Å². The number of aliphatic hydroxyl groups is 1. The first-order chi connectivity index (χ1) is 9.24. The minimum Gasteiger partial charge on any atom is -0.392 e. The van der Waals surface area contributed by atoms with E-state index in [0.29, 0.717) is 32.7 Å². The van der Waals surface area contributed by atoms with Crippen LogP contribution in [0.15, 0.2) is 16.8 Å². The summed E-state index contributed by atoms with van der Waals surface area (Å²) in [5.74, 6) is 0.0834. The fourth-order valence-electron chi connectivity index (χ4n) is 2.63. The Morgan fingerprint density at radius 3 is 3.05 bits per heavy atom. The van der Waals surface area contributed by atoms with Crippen LogP contribution in [0.1, 0.15) is 18.1 Å². The van der Waals surface area contributed by atoms with Gasteiger partial charge in [0.2, 0.25) is 5.91 Å². The SMILES string of the molecule is Cl.O=C(C1CC(O)CN1)N1CCOC(c2ccsc2)C1. The Morgan fingerprint density at radius 1 is 1.55 bits per heavy atom. The molecule has 2 fully saturated rings. The van der Waals surface area contributed by atoms with E-state index in [1.165, 1.54) is 0 Å². The maximum Gasteiger partial charge on any atom is 0.239 e. The molecule has 0 spiro atoms. The molecule has 7 heteroatoms. The highest BCUT2D eigenvalue weighted by Gasteiger charge is 2.34. The number of nitrogens with one attached hydrogen (secondary N) is 1. The molecule has 0 bridgehead atoms. The van der Waals surface area contributed by atoms with Crippen molar-refractivity contribution in [3.8, 4) is 0 Å². The van der Waals surface area contributed by atoms with Crippen LogP contribution in [-0.4, -0.2) is 54.3 Å². The Balaban J connectivity index is 0.00000147. The second-order valence-corrected chi connectivity index (χ2v) is 5.83. The van der Waals surface area contributed by atoms with E-state index in [1.54, 1.807) is 11.3 Å². The summed E-state index contributed by atoms with van der Waals surface area (Å²) in [6.07, 6.45) is 0.0946. The molecule has 0 saturated carbocycles. The smallest absolute Gasteiger partial charge is 0.239 e. The topological polar surface area (TPSA) is 61.8 Å². The molecule has 0 aromatic carbocycles. The first-order valence-electron chi connectivity index (χ1n) is 6.58. The molecule has 0 radical (unpaired) electrons. The molecule has 3 unspecified atom stereocenters. The number of thiophene rings is 1. The van der Waals surface area contributed by atoms with Crippen molar-refractivity contribution < 1.29 is 14.6 Å². The number of nitrogens with zero attached hydrogens (tertiary/aromatic N) is 1. The predicted molar refractivity (Wildman–Crippen MR) is 79.3 cm³/mol. The van der Waals surface area contributed by atoms with Crippen LogP contribution in [-0.2, 0) is 9.53 Å². The predicted octanol–water partition coefficient (Wildman–Crippen LogP) is 0.793. The lowest BCUT2D eigenvalue weighted by atomic mass is 10.1. The van der Waals surface area contributed by atoms with Crippen LogP contribution < -0.4 is 5.32 Å². The van der Waals surface area contributed by atoms with Gasteiger partial charge in [0, 0.05) is 13.1 Å². The Hall–Kier alpha value is -0.660. The van der Waals surface area contributed by atoms with Crippen molar-refractivity contribution in [3.63, 3.8) is 0 Å². The molecule has 3 heterocycles. The Kier molecular flexibility index (Phi) is 5.40. The quantitative estimate of drug-likeness (QED) is 0.846. The molecular formula is C13H19ClN2O3S. The summed E-state index contributed by atoms with van der Waals surface area (Å²) in [5, 5.41) is 16.7. The Labute approximate surface area is 128 Å². The van der Waals surface area contributed by atoms with Gasteiger partial charge in [-0.05, 0) is 28.8 Å². The van der Waals surface area contributed by atoms with E-state index in [2.05, 4.69) is 10.7 Å². The number of carbonyl (C=O) groups excluding carboxylic acids is 1. The van der Waals surface area contributed by atoms with Gasteiger partial charge in [-0.15, -0.1) is 12.4 Å². The fourth-order valence-corrected chi connectivity index (χ4v) is 3.34. The van der Waals surface area contributed by atoms with Gasteiger partial charge in [0.15, 0.2) is 0 Å². The number of carbonyl (C=O) groups is 1. The number of aliphatic hydroxyl groups excluding tert-OH is 1. The van der Waals surface area contributed by atoms with Crippen molar-refractivity contribution in [3.05, 3.63) is 22.4 Å². The van der Waals surface area contributed by atoms with Gasteiger partial charge in [0.25, 0.3) is 0 Å². The molecule has 5 nitrogen and oxygen atoms in total. The Bertz CT molecular complexity index is 443. The molecular weight excluding hydrogens is 300 g/mol. The largest absolute Gasteiger partial charge is 0.392 e. The van der Waals surface area contributed by atoms with E-state index in [0.717, 1.165) is 5.56 Å². The summed E-state index contributed by atoms with van der Waals surface area (Å²) in [6, 6.07) is 1.80. The third-order valence-corrected chi connectivity index (χ3v) is 4.40. The summed E-state index contributed by atoms with van der Waals surface area (Å²) in [5.41, 5.74) is 1.14. The summed E-state index contributed by atoms with van der Waals surface area (Å²) in [7, 11) is 0. The van der Waals surface area contributed by atoms with Gasteiger partial charge in [0.1, 0.15) is 6.10 Å². The summed E-state index contributed by atoms with van der Waals surface area (Å²) in [4.78, 5) is 14.2. The molecule has 2 N–H and O–H groups in total. The van der Waals surface area contributed by atoms with Gasteiger partial charge in [-0.25, -0.2) is 0 Å². The number of β-amino-alcohol motifs (C(OH)–C–C–N with tert-alkyl or cyclic N) is 1. The van der Waals surface area contributed by atoms with E-state index in [-0.39, 0.29) is 30.5 Å². The van der Waals surface area contributed by atoms with Crippen molar-refractivity contribution >= 4 is 29.7 Å². The van der Waals surface area contributed by atoms with Gasteiger partial charge in [-0.1, -0.05) is 0 Å². The van der Waals surface area contributed by atoms with Gasteiger partial charge >= 0.3 is 0 Å². The van der Waals surface area contributed by atoms with Crippen molar-refractivity contribution in [1.82, 2.24) is 10.2 Å². The molecule has 3 atom stereocenters. The number of amides is 1. The zero-order valence-corrected chi connectivity index (χ0v) is 12.7. The maximum atomic E-state index is 12.4. The molecule has 0 aliphatic carbocycles. The highest BCUT2D eigenvalue weighted by molar-refractivity contribution is 7.07. The fraction of sp³-hybridized carbons (Fsp3) is 0.615. The van der Waals surface area contributed by atoms with Crippen LogP contribution >= 0.6 is 23.7 Å². The van der Waals surface area contributed by atoms with Crippen LogP contribution in [0.25, 0.3) is 0 Å². The first-order valence-corrected chi connectivity index (χ1v) is 7.52. The molecule has 1 amide bonds. The van der Waals surface area contributed by atoms with Gasteiger partial charge in [-0.3, -0.25) is 4.79 Å². The molecule has 3 rings (SSSR count). The average Bonchev–Trinajstić information content (AvgIpc) is 3.09. The van der Waals surface area contributed by atoms with Gasteiger partial charge in [0.05, 0.1) is 25.3 Å². The summed E-state index contributed by atoms with van der Waals surface area (Å²) < 4.78 is 5.73. The van der Waals surface area contributed by atoms with E-state index < -0.39 is 6.10 Å². The van der Waals surface area contributed by atoms with E-state index >= 15 is 0 Å². The van der Waals surface area contributed by atoms with Crippen LogP contribution in [0.2, 0.25) is 0 Å². The number of ether oxygens (including phenoxy) is 1. The third-order valence-electron chi connectivity index (χ3n) is 3.70. The minimum absolute atomic E-state index is 0. The average molecular weight is 319 g/mol. The number of hydrogen-bond donors (Lipinski definition) is 2. The lowest BCUT2D eigenvalue weighted by molar-refractivity contribution is -0.141. The zero-order chi connectivity index (χ0) is 13.2. The molecule has 2 aliphatic heterocycles. The molecule has 20 heavy (non-hydrogen) atoms. The highest BCUT2D eigenvalue weighted by Crippen LogP contribution is 2.25. The van der Waals surface area contributed by atoms with Crippen LogP contribution in [0.5, 0.6) is 0 Å². The first kappa shape index (κ1) is 15.7. The van der Waals surface area contributed by atoms with E-state index in [1.807, 2.05) is 16.3 Å². The number of rotatable bonds is 2. The summed E-state index contributed by atoms with van der Waals surface area (Å²) in [6.45, 7) is 2.31. The number of morpholine rings is 1. The lowest BCUT2D eigenvalue weighted by Crippen LogP contribution is -2.49. The van der Waals surface area contributed by atoms with Crippen LogP contribution in [0, 0.1) is 0 Å². The number of hydrogen-bond acceptors (Lipinski definition) is 5. The van der Waals surface area contributed by atoms with Crippen molar-refractivity contribution in [2.24, 2.45) is 0 Å². The highest BCUT2D eigenvalue weighted by atomic mass is 35.5. The molecule has 2 aliphatic rings.